The maximum atomic E-state index is 12.3. The average Bonchev–Trinajstić information content (AvgIpc) is 2.72. The highest BCUT2D eigenvalue weighted by molar-refractivity contribution is 7.90. The first-order valence-electron chi connectivity index (χ1n) is 6.49. The molecule has 0 aliphatic carbocycles. The molecule has 2 aromatic rings. The van der Waals surface area contributed by atoms with Crippen molar-refractivity contribution in [2.45, 2.75) is 25.7 Å². The standard InChI is InChI=1S/C15H18N2O3S/c1-10-5-7-13(9-11(10)2)21(19,20)16-15(18)14-8-6-12(3)17(14)4/h5-9H,1-4H3,(H,16,18). The van der Waals surface area contributed by atoms with E-state index in [9.17, 15) is 13.2 Å². The Balaban J connectivity index is 2.31. The number of aryl methyl sites for hydroxylation is 3. The number of carbonyl (C=O) groups is 1. The lowest BCUT2D eigenvalue weighted by molar-refractivity contribution is 0.0973. The molecule has 0 radical (unpaired) electrons. The highest BCUT2D eigenvalue weighted by Crippen LogP contribution is 2.15. The van der Waals surface area contributed by atoms with Crippen LogP contribution in [0.4, 0.5) is 0 Å². The highest BCUT2D eigenvalue weighted by Gasteiger charge is 2.21. The number of nitrogens with zero attached hydrogens (tertiary/aromatic N) is 1. The Labute approximate surface area is 124 Å². The van der Waals surface area contributed by atoms with Gasteiger partial charge in [-0.3, -0.25) is 4.79 Å². The van der Waals surface area contributed by atoms with E-state index in [-0.39, 0.29) is 4.90 Å². The van der Waals surface area contributed by atoms with Crippen molar-refractivity contribution in [2.75, 3.05) is 0 Å². The highest BCUT2D eigenvalue weighted by atomic mass is 32.2. The molecular weight excluding hydrogens is 288 g/mol. The van der Waals surface area contributed by atoms with E-state index in [1.165, 1.54) is 6.07 Å². The Kier molecular flexibility index (Phi) is 3.91. The van der Waals surface area contributed by atoms with Crippen LogP contribution in [0.25, 0.3) is 0 Å². The van der Waals surface area contributed by atoms with Crippen LogP contribution in [0.2, 0.25) is 0 Å². The van der Waals surface area contributed by atoms with Gasteiger partial charge in [0.15, 0.2) is 0 Å². The second-order valence-corrected chi connectivity index (χ2v) is 6.78. The summed E-state index contributed by atoms with van der Waals surface area (Å²) < 4.78 is 28.3. The minimum absolute atomic E-state index is 0.0879. The van der Waals surface area contributed by atoms with E-state index in [1.807, 2.05) is 20.8 Å². The summed E-state index contributed by atoms with van der Waals surface area (Å²) in [6, 6.07) is 8.13. The molecular formula is C15H18N2O3S. The van der Waals surface area contributed by atoms with Gasteiger partial charge in [0.05, 0.1) is 4.90 Å². The minimum Gasteiger partial charge on any atom is -0.344 e. The fourth-order valence-corrected chi connectivity index (χ4v) is 3.00. The molecule has 6 heteroatoms. The average molecular weight is 306 g/mol. The monoisotopic (exact) mass is 306 g/mol. The number of rotatable bonds is 3. The molecule has 0 spiro atoms. The van der Waals surface area contributed by atoms with Crippen molar-refractivity contribution in [2.24, 2.45) is 7.05 Å². The van der Waals surface area contributed by atoms with E-state index in [2.05, 4.69) is 4.72 Å². The first-order chi connectivity index (χ1) is 9.72. The van der Waals surface area contributed by atoms with Crippen LogP contribution in [0.1, 0.15) is 27.3 Å². The predicted molar refractivity (Wildman–Crippen MR) is 80.7 cm³/mol. The molecule has 21 heavy (non-hydrogen) atoms. The van der Waals surface area contributed by atoms with Crippen LogP contribution in [0.5, 0.6) is 0 Å². The molecule has 0 saturated carbocycles. The lowest BCUT2D eigenvalue weighted by Crippen LogP contribution is -2.32. The van der Waals surface area contributed by atoms with Gasteiger partial charge < -0.3 is 4.57 Å². The lowest BCUT2D eigenvalue weighted by Gasteiger charge is -2.09. The second kappa shape index (κ2) is 5.37. The number of aromatic nitrogens is 1. The molecule has 0 aliphatic heterocycles. The topological polar surface area (TPSA) is 68.2 Å². The van der Waals surface area contributed by atoms with Gasteiger partial charge in [-0.2, -0.15) is 0 Å². The van der Waals surface area contributed by atoms with Crippen LogP contribution in [-0.2, 0) is 17.1 Å². The van der Waals surface area contributed by atoms with E-state index in [4.69, 9.17) is 0 Å². The van der Waals surface area contributed by atoms with Crippen molar-refractivity contribution in [3.05, 3.63) is 52.8 Å². The second-order valence-electron chi connectivity index (χ2n) is 5.10. The van der Waals surface area contributed by atoms with E-state index >= 15 is 0 Å². The number of carbonyl (C=O) groups excluding carboxylic acids is 1. The summed E-state index contributed by atoms with van der Waals surface area (Å²) in [6.07, 6.45) is 0. The third-order valence-corrected chi connectivity index (χ3v) is 4.95. The van der Waals surface area contributed by atoms with E-state index < -0.39 is 15.9 Å². The van der Waals surface area contributed by atoms with Crippen molar-refractivity contribution in [1.82, 2.24) is 9.29 Å². The van der Waals surface area contributed by atoms with Crippen LogP contribution in [0, 0.1) is 20.8 Å². The Morgan fingerprint density at radius 3 is 2.24 bits per heavy atom. The summed E-state index contributed by atoms with van der Waals surface area (Å²) in [5.74, 6) is -0.635. The number of benzene rings is 1. The van der Waals surface area contributed by atoms with Crippen LogP contribution in [0.15, 0.2) is 35.2 Å². The van der Waals surface area contributed by atoms with Gasteiger partial charge in [-0.15, -0.1) is 0 Å². The molecule has 1 N–H and O–H groups in total. The number of hydrogen-bond donors (Lipinski definition) is 1. The minimum atomic E-state index is -3.87. The summed E-state index contributed by atoms with van der Waals surface area (Å²) in [5, 5.41) is 0. The van der Waals surface area contributed by atoms with E-state index in [0.717, 1.165) is 16.8 Å². The Hall–Kier alpha value is -2.08. The molecule has 1 aromatic heterocycles. The smallest absolute Gasteiger partial charge is 0.281 e. The molecule has 0 aliphatic rings. The third-order valence-electron chi connectivity index (χ3n) is 3.62. The molecule has 112 valence electrons. The zero-order valence-corrected chi connectivity index (χ0v) is 13.3. The molecule has 0 saturated heterocycles. The molecule has 1 heterocycles. The van der Waals surface area contributed by atoms with Gasteiger partial charge in [0.1, 0.15) is 5.69 Å². The lowest BCUT2D eigenvalue weighted by atomic mass is 10.1. The normalized spacial score (nSPS) is 11.4. The van der Waals surface area contributed by atoms with Gasteiger partial charge in [-0.25, -0.2) is 13.1 Å². The quantitative estimate of drug-likeness (QED) is 0.944. The molecule has 2 rings (SSSR count). The zero-order valence-electron chi connectivity index (χ0n) is 12.5. The number of sulfonamides is 1. The van der Waals surface area contributed by atoms with Gasteiger partial charge in [0, 0.05) is 12.7 Å². The van der Waals surface area contributed by atoms with Crippen molar-refractivity contribution < 1.29 is 13.2 Å². The maximum absolute atomic E-state index is 12.3. The molecule has 1 aromatic carbocycles. The predicted octanol–water partition coefficient (Wildman–Crippen LogP) is 2.07. The Bertz CT molecular complexity index is 804. The fraction of sp³-hybridized carbons (Fsp3) is 0.267. The summed E-state index contributed by atoms with van der Waals surface area (Å²) >= 11 is 0. The van der Waals surface area contributed by atoms with Crippen molar-refractivity contribution >= 4 is 15.9 Å². The largest absolute Gasteiger partial charge is 0.344 e. The fourth-order valence-electron chi connectivity index (χ4n) is 1.96. The van der Waals surface area contributed by atoms with Gasteiger partial charge in [-0.1, -0.05) is 6.07 Å². The Morgan fingerprint density at radius 1 is 1.05 bits per heavy atom. The molecule has 0 unspecified atom stereocenters. The van der Waals surface area contributed by atoms with Crippen molar-refractivity contribution in [1.29, 1.82) is 0 Å². The first-order valence-corrected chi connectivity index (χ1v) is 7.97. The number of hydrogen-bond acceptors (Lipinski definition) is 3. The summed E-state index contributed by atoms with van der Waals surface area (Å²) in [5.41, 5.74) is 3.04. The van der Waals surface area contributed by atoms with E-state index in [0.29, 0.717) is 5.69 Å². The summed E-state index contributed by atoms with van der Waals surface area (Å²) in [6.45, 7) is 5.57. The van der Waals surface area contributed by atoms with Gasteiger partial charge in [-0.05, 0) is 56.2 Å². The third kappa shape index (κ3) is 3.00. The van der Waals surface area contributed by atoms with Crippen LogP contribution in [-0.4, -0.2) is 18.9 Å². The van der Waals surface area contributed by atoms with Crippen molar-refractivity contribution in [3.8, 4) is 0 Å². The molecule has 0 atom stereocenters. The van der Waals surface area contributed by atoms with Gasteiger partial charge in [0.2, 0.25) is 0 Å². The molecule has 0 bridgehead atoms. The van der Waals surface area contributed by atoms with Gasteiger partial charge >= 0.3 is 0 Å². The molecule has 0 fully saturated rings. The van der Waals surface area contributed by atoms with E-state index in [1.54, 1.807) is 35.9 Å². The van der Waals surface area contributed by atoms with Crippen LogP contribution in [0.3, 0.4) is 0 Å². The Morgan fingerprint density at radius 2 is 1.71 bits per heavy atom. The number of amides is 1. The SMILES string of the molecule is Cc1ccc(S(=O)(=O)NC(=O)c2ccc(C)n2C)cc1C. The number of nitrogens with one attached hydrogen (secondary N) is 1. The first kappa shape index (κ1) is 15.3. The zero-order chi connectivity index (χ0) is 15.8. The molecule has 1 amide bonds. The maximum Gasteiger partial charge on any atom is 0.281 e. The van der Waals surface area contributed by atoms with Crippen molar-refractivity contribution in [3.63, 3.8) is 0 Å². The molecule has 5 nitrogen and oxygen atoms in total. The van der Waals surface area contributed by atoms with Crippen LogP contribution < -0.4 is 4.72 Å². The summed E-state index contributed by atoms with van der Waals surface area (Å²) in [4.78, 5) is 12.2. The van der Waals surface area contributed by atoms with Crippen LogP contribution >= 0.6 is 0 Å². The summed E-state index contributed by atoms with van der Waals surface area (Å²) in [7, 11) is -2.15. The van der Waals surface area contributed by atoms with Gasteiger partial charge in [0.25, 0.3) is 15.9 Å².